The van der Waals surface area contributed by atoms with Gasteiger partial charge in [0.25, 0.3) is 21.8 Å². The summed E-state index contributed by atoms with van der Waals surface area (Å²) in [5.74, 6) is -1.61. The molecule has 27 heteroatoms. The highest BCUT2D eigenvalue weighted by Crippen LogP contribution is 2.66. The highest BCUT2D eigenvalue weighted by atomic mass is 32.2. The summed E-state index contributed by atoms with van der Waals surface area (Å²) in [4.78, 5) is 114. The Balaban J connectivity index is 0.802. The van der Waals surface area contributed by atoms with E-state index in [2.05, 4.69) is 62.4 Å². The van der Waals surface area contributed by atoms with Crippen molar-refractivity contribution in [3.63, 3.8) is 0 Å². The van der Waals surface area contributed by atoms with E-state index in [0.717, 1.165) is 36.8 Å². The molecule has 3 aliphatic carbocycles. The van der Waals surface area contributed by atoms with Crippen molar-refractivity contribution in [3.8, 4) is 5.75 Å². The Bertz CT molecular complexity index is 3740. The Morgan fingerprint density at radius 2 is 1.29 bits per heavy atom. The molecular weight excluding hydrogens is 1320 g/mol. The van der Waals surface area contributed by atoms with Crippen LogP contribution in [0, 0.1) is 38.0 Å². The molecule has 102 heavy (non-hydrogen) atoms. The van der Waals surface area contributed by atoms with Gasteiger partial charge in [0.05, 0.1) is 22.5 Å². The van der Waals surface area contributed by atoms with Crippen LogP contribution in [0.15, 0.2) is 46.3 Å². The molecular formula is C75H113BN10O15S. The number of unbranched alkanes of at least 4 members (excludes halogenated alkanes) is 5. The minimum Gasteiger partial charge on any atom is -0.487 e. The first-order chi connectivity index (χ1) is 47.8. The van der Waals surface area contributed by atoms with Gasteiger partial charge < -0.3 is 66.1 Å². The van der Waals surface area contributed by atoms with Gasteiger partial charge in [-0.15, -0.1) is 0 Å². The molecule has 5 fully saturated rings. The number of carbonyl (C=O) groups excluding carboxylic acids is 8. The first kappa shape index (κ1) is 80.2. The average molecular weight is 1440 g/mol. The summed E-state index contributed by atoms with van der Waals surface area (Å²) < 4.78 is 60.7. The lowest BCUT2D eigenvalue weighted by molar-refractivity contribution is -0.199. The number of guanidine groups is 1. The molecule has 7 amide bonds. The van der Waals surface area contributed by atoms with Crippen LogP contribution >= 0.6 is 0 Å². The number of sulfonamides is 1. The number of fused-ring (bicyclic) bond motifs is 2. The number of benzene rings is 3. The van der Waals surface area contributed by atoms with Crippen molar-refractivity contribution in [2.24, 2.45) is 28.0 Å². The van der Waals surface area contributed by atoms with Crippen molar-refractivity contribution in [2.75, 3.05) is 32.7 Å². The second kappa shape index (κ2) is 33.5. The second-order valence-electron chi connectivity index (χ2n) is 31.9. The van der Waals surface area contributed by atoms with Crippen LogP contribution < -0.4 is 47.1 Å². The quantitative estimate of drug-likeness (QED) is 0.00950. The topological polar surface area (TPSA) is 343 Å². The Morgan fingerprint density at radius 1 is 0.706 bits per heavy atom. The summed E-state index contributed by atoms with van der Waals surface area (Å²) in [5, 5.41) is 18.4. The summed E-state index contributed by atoms with van der Waals surface area (Å²) in [6, 6.07) is 7.66. The van der Waals surface area contributed by atoms with Crippen LogP contribution in [0.5, 0.6) is 5.75 Å². The predicted molar refractivity (Wildman–Crippen MR) is 391 cm³/mol. The van der Waals surface area contributed by atoms with Gasteiger partial charge in [-0.1, -0.05) is 44.5 Å². The van der Waals surface area contributed by atoms with Crippen molar-refractivity contribution in [1.29, 1.82) is 0 Å². The normalized spacial score (nSPS) is 21.3. The van der Waals surface area contributed by atoms with E-state index in [1.165, 1.54) is 0 Å². The SMILES string of the molecule is Cc1c(C)c(S(=O)(=O)NC(N)=NCCC[C@H](NC(=O)CCCCCC(=O)N[C@@H](CCCCNC(=O)OC(C)(C)C)C(=O)OC(C)(C)C)C(=O)NCCCCCNC(=O)c2ccc(C(=O)N[C@H](C)C(=O)N3CCC[C@H]3B3OC4C[C@@H]5C[C@@H](C5(C)C)[C@]4(C)O3)c3ccccc23)c(C)c2c1OC(C)(C)C2. The van der Waals surface area contributed by atoms with Gasteiger partial charge in [-0.05, 0) is 237 Å². The van der Waals surface area contributed by atoms with E-state index in [4.69, 9.17) is 29.3 Å². The largest absolute Gasteiger partial charge is 0.487 e. The number of carbonyl (C=O) groups is 8. The van der Waals surface area contributed by atoms with Crippen LogP contribution in [0.25, 0.3) is 10.8 Å². The third-order valence-corrected chi connectivity index (χ3v) is 22.4. The van der Waals surface area contributed by atoms with E-state index in [1.807, 2.05) is 25.7 Å². The minimum atomic E-state index is -4.18. The Kier molecular flexibility index (Phi) is 26.3. The van der Waals surface area contributed by atoms with E-state index in [-0.39, 0.29) is 91.2 Å². The van der Waals surface area contributed by atoms with Gasteiger partial charge in [0.1, 0.15) is 40.7 Å². The number of nitrogens with two attached hydrogens (primary N) is 1. The van der Waals surface area contributed by atoms with E-state index < -0.39 is 87.5 Å². The number of rotatable bonds is 32. The summed E-state index contributed by atoms with van der Waals surface area (Å²) in [6.45, 7) is 29.7. The number of esters is 1. The molecule has 25 nitrogen and oxygen atoms in total. The number of nitrogens with zero attached hydrogens (tertiary/aromatic N) is 2. The smallest absolute Gasteiger partial charge is 0.481 e. The van der Waals surface area contributed by atoms with Gasteiger partial charge in [0.15, 0.2) is 0 Å². The predicted octanol–water partition coefficient (Wildman–Crippen LogP) is 8.90. The molecule has 8 atom stereocenters. The molecule has 0 radical (unpaired) electrons. The summed E-state index contributed by atoms with van der Waals surface area (Å²) in [6.07, 6.45) is 8.51. The molecule has 0 spiro atoms. The highest BCUT2D eigenvalue weighted by molar-refractivity contribution is 7.90. The number of hydrogen-bond donors (Lipinski definition) is 8. The number of amides is 7. The van der Waals surface area contributed by atoms with E-state index in [1.54, 1.807) is 98.7 Å². The molecule has 3 aromatic rings. The number of ether oxygens (including phenoxy) is 3. The monoisotopic (exact) mass is 1440 g/mol. The summed E-state index contributed by atoms with van der Waals surface area (Å²) in [5.41, 5.74) is 7.43. The first-order valence-corrected chi connectivity index (χ1v) is 38.2. The molecule has 9 N–H and O–H groups in total. The molecule has 3 aromatic carbocycles. The number of aliphatic imine (C=N–C) groups is 1. The zero-order chi connectivity index (χ0) is 74.9. The zero-order valence-electron chi connectivity index (χ0n) is 62.9. The molecule has 3 heterocycles. The fourth-order valence-electron chi connectivity index (χ4n) is 15.3. The van der Waals surface area contributed by atoms with E-state index >= 15 is 0 Å². The lowest BCUT2D eigenvalue weighted by atomic mass is 9.43. The van der Waals surface area contributed by atoms with E-state index in [9.17, 15) is 46.8 Å². The van der Waals surface area contributed by atoms with Crippen molar-refractivity contribution in [1.82, 2.24) is 41.5 Å². The molecule has 1 unspecified atom stereocenters. The molecule has 9 rings (SSSR count). The maximum absolute atomic E-state index is 14.1. The Morgan fingerprint density at radius 3 is 1.93 bits per heavy atom. The second-order valence-corrected chi connectivity index (χ2v) is 33.5. The molecule has 562 valence electrons. The van der Waals surface area contributed by atoms with Crippen LogP contribution in [-0.2, 0) is 59.2 Å². The molecule has 2 saturated heterocycles. The van der Waals surface area contributed by atoms with Gasteiger partial charge >= 0.3 is 19.2 Å². The van der Waals surface area contributed by atoms with Gasteiger partial charge in [-0.3, -0.25) is 33.8 Å². The lowest BCUT2D eigenvalue weighted by Gasteiger charge is -2.64. The molecule has 0 aromatic heterocycles. The highest BCUT2D eigenvalue weighted by Gasteiger charge is 2.69. The molecule has 6 aliphatic rings. The first-order valence-electron chi connectivity index (χ1n) is 36.8. The minimum absolute atomic E-state index is 0.00525. The molecule has 3 aliphatic heterocycles. The van der Waals surface area contributed by atoms with Crippen molar-refractivity contribution < 1.29 is 70.3 Å². The van der Waals surface area contributed by atoms with E-state index in [0.29, 0.717) is 128 Å². The van der Waals surface area contributed by atoms with Gasteiger partial charge in [0.2, 0.25) is 29.6 Å². The fourth-order valence-corrected chi connectivity index (χ4v) is 16.8. The summed E-state index contributed by atoms with van der Waals surface area (Å²) in [7, 11) is -4.70. The number of nitrogens with one attached hydrogen (secondary N) is 7. The zero-order valence-corrected chi connectivity index (χ0v) is 63.7. The number of hydrogen-bond acceptors (Lipinski definition) is 16. The standard InChI is InChI=1S/C75H113BN10O15S/c1-45-46(2)63(47(3)54-44-73(11,12)97-62(45)54)102(95,96)85-69(77)80-40-26-31-55(83-60(87)33-18-16-19-34-61(88)84-56(68(93)98-71(5,6)7)30-22-25-39-81-70(94)99-72(8,9)10)66(91)79-38-24-17-23-37-78-64(89)52-35-36-53(51-29-21-20-28-50(51)52)65(90)82-48(4)67(92)86-41-27-32-59(86)76-100-58-43-49-42-57(74(49,13)14)75(58,15)101-76/h20-21,28-29,35-36,48-49,55-59H,16-19,22-27,30-34,37-44H2,1-15H3,(H,78,89)(H,79,91)(H,81,94)(H,82,90)(H,83,87)(H,84,88)(H3,77,80,85)/t48-,49+,55+,56+,57+,58?,59+,75+/m1/s1. The van der Waals surface area contributed by atoms with Gasteiger partial charge in [-0.25, -0.2) is 22.7 Å². The number of alkyl carbamates (subject to hydrolysis) is 1. The maximum Gasteiger partial charge on any atom is 0.481 e. The molecule has 2 bridgehead atoms. The van der Waals surface area contributed by atoms with Crippen LogP contribution in [0.3, 0.4) is 0 Å². The van der Waals surface area contributed by atoms with Crippen LogP contribution in [0.2, 0.25) is 0 Å². The van der Waals surface area contributed by atoms with Crippen LogP contribution in [-0.4, -0.2) is 159 Å². The molecule has 3 saturated carbocycles. The van der Waals surface area contributed by atoms with Crippen molar-refractivity contribution >= 4 is 81.4 Å². The van der Waals surface area contributed by atoms with Gasteiger partial charge in [-0.2, -0.15) is 0 Å². The fraction of sp³-hybridized carbons (Fsp3) is 0.667. The Hall–Kier alpha value is -7.52. The lowest BCUT2D eigenvalue weighted by Crippen LogP contribution is -2.65. The third-order valence-electron chi connectivity index (χ3n) is 20.7. The Labute approximate surface area is 603 Å². The van der Waals surface area contributed by atoms with Crippen LogP contribution in [0.1, 0.15) is 235 Å². The van der Waals surface area contributed by atoms with Crippen molar-refractivity contribution in [2.45, 2.75) is 277 Å². The average Bonchev–Trinajstić information content (AvgIpc) is 1.38. The third kappa shape index (κ3) is 20.3. The number of likely N-dealkylation sites (tertiary alicyclic amines) is 1. The summed E-state index contributed by atoms with van der Waals surface area (Å²) >= 11 is 0. The maximum atomic E-state index is 14.1. The van der Waals surface area contributed by atoms with Gasteiger partial charge in [0, 0.05) is 68.7 Å². The van der Waals surface area contributed by atoms with Crippen LogP contribution in [0.4, 0.5) is 4.79 Å². The van der Waals surface area contributed by atoms with Crippen molar-refractivity contribution in [3.05, 3.63) is 69.8 Å².